The van der Waals surface area contributed by atoms with Gasteiger partial charge in [0.2, 0.25) is 0 Å². The number of methoxy groups -OCH3 is 1. The van der Waals surface area contributed by atoms with Gasteiger partial charge in [-0.25, -0.2) is 0 Å². The third kappa shape index (κ3) is 6.04. The number of non-ortho nitro benzene ring substituents is 1. The number of amides is 2. The molecular formula is C22H21ClN2O7S. The number of nitro groups is 1. The van der Waals surface area contributed by atoms with Crippen LogP contribution >= 0.6 is 23.4 Å². The molecule has 0 bridgehead atoms. The number of halogens is 1. The maximum Gasteiger partial charge on any atom is 0.293 e. The maximum absolute atomic E-state index is 12.5. The average Bonchev–Trinajstić information content (AvgIpc) is 3.04. The van der Waals surface area contributed by atoms with Crippen molar-refractivity contribution in [3.05, 3.63) is 67.6 Å². The predicted octanol–water partition coefficient (Wildman–Crippen LogP) is 4.91. The highest BCUT2D eigenvalue weighted by Gasteiger charge is 2.34. The summed E-state index contributed by atoms with van der Waals surface area (Å²) in [5, 5.41) is 10.8. The zero-order valence-corrected chi connectivity index (χ0v) is 19.5. The number of imide groups is 1. The molecule has 0 unspecified atom stereocenters. The van der Waals surface area contributed by atoms with E-state index < -0.39 is 10.8 Å². The summed E-state index contributed by atoms with van der Waals surface area (Å²) in [6.45, 7) is 2.60. The number of carbonyl (C=O) groups is 2. The molecule has 1 aliphatic rings. The minimum Gasteiger partial charge on any atom is -0.490 e. The molecule has 1 heterocycles. The molecule has 0 saturated carbocycles. The molecule has 0 aliphatic carbocycles. The maximum atomic E-state index is 12.5. The van der Waals surface area contributed by atoms with Crippen LogP contribution in [0, 0.1) is 10.1 Å². The zero-order chi connectivity index (χ0) is 24.0. The number of nitrogens with zero attached hydrogens (tertiary/aromatic N) is 2. The van der Waals surface area contributed by atoms with Gasteiger partial charge in [-0.3, -0.25) is 24.6 Å². The lowest BCUT2D eigenvalue weighted by atomic mass is 10.1. The van der Waals surface area contributed by atoms with Gasteiger partial charge in [0.25, 0.3) is 16.8 Å². The summed E-state index contributed by atoms with van der Waals surface area (Å²) < 4.78 is 16.4. The fraction of sp³-hybridized carbons (Fsp3) is 0.273. The molecule has 2 aromatic carbocycles. The highest BCUT2D eigenvalue weighted by molar-refractivity contribution is 8.18. The highest BCUT2D eigenvalue weighted by Crippen LogP contribution is 2.39. The first-order valence-corrected chi connectivity index (χ1v) is 11.1. The van der Waals surface area contributed by atoms with Crippen molar-refractivity contribution in [2.24, 2.45) is 0 Å². The van der Waals surface area contributed by atoms with E-state index in [0.717, 1.165) is 16.7 Å². The van der Waals surface area contributed by atoms with Gasteiger partial charge in [-0.15, -0.1) is 0 Å². The average molecular weight is 493 g/mol. The van der Waals surface area contributed by atoms with Gasteiger partial charge in [-0.2, -0.15) is 0 Å². The van der Waals surface area contributed by atoms with Crippen molar-refractivity contribution in [3.8, 4) is 11.5 Å². The Morgan fingerprint density at radius 2 is 2.00 bits per heavy atom. The van der Waals surface area contributed by atoms with Crippen molar-refractivity contribution >= 4 is 46.3 Å². The number of ether oxygens (including phenoxy) is 3. The fourth-order valence-corrected chi connectivity index (χ4v) is 4.16. The number of carbonyl (C=O) groups excluding carboxylic acids is 2. The molecule has 0 spiro atoms. The highest BCUT2D eigenvalue weighted by atomic mass is 35.5. The molecule has 0 radical (unpaired) electrons. The van der Waals surface area contributed by atoms with Crippen molar-refractivity contribution in [2.45, 2.75) is 13.5 Å². The van der Waals surface area contributed by atoms with Crippen molar-refractivity contribution in [3.63, 3.8) is 0 Å². The molecule has 1 saturated heterocycles. The van der Waals surface area contributed by atoms with Crippen LogP contribution in [0.25, 0.3) is 6.08 Å². The minimum absolute atomic E-state index is 0.0398. The van der Waals surface area contributed by atoms with E-state index >= 15 is 0 Å². The van der Waals surface area contributed by atoms with Crippen LogP contribution < -0.4 is 9.47 Å². The van der Waals surface area contributed by atoms with Crippen molar-refractivity contribution in [2.75, 3.05) is 26.9 Å². The van der Waals surface area contributed by atoms with Gasteiger partial charge < -0.3 is 14.2 Å². The van der Waals surface area contributed by atoms with Gasteiger partial charge in [0.1, 0.15) is 6.61 Å². The molecule has 2 aromatic rings. The van der Waals surface area contributed by atoms with Crippen molar-refractivity contribution in [1.29, 1.82) is 0 Å². The molecule has 0 N–H and O–H groups in total. The second-order valence-corrected chi connectivity index (χ2v) is 8.21. The van der Waals surface area contributed by atoms with E-state index in [2.05, 4.69) is 0 Å². The first-order valence-electron chi connectivity index (χ1n) is 9.90. The number of benzene rings is 2. The molecule has 0 aromatic heterocycles. The lowest BCUT2D eigenvalue weighted by molar-refractivity contribution is -0.384. The van der Waals surface area contributed by atoms with E-state index in [-0.39, 0.29) is 46.4 Å². The lowest BCUT2D eigenvalue weighted by Crippen LogP contribution is -2.31. The Labute approximate surface area is 199 Å². The topological polar surface area (TPSA) is 108 Å². The van der Waals surface area contributed by atoms with E-state index in [1.807, 2.05) is 0 Å². The van der Waals surface area contributed by atoms with Crippen LogP contribution in [0.4, 0.5) is 10.5 Å². The molecule has 11 heteroatoms. The molecule has 1 fully saturated rings. The second kappa shape index (κ2) is 11.2. The van der Waals surface area contributed by atoms with Gasteiger partial charge in [-0.05, 0) is 48.0 Å². The molecular weight excluding hydrogens is 472 g/mol. The van der Waals surface area contributed by atoms with Crippen LogP contribution in [-0.4, -0.2) is 47.8 Å². The van der Waals surface area contributed by atoms with Crippen LogP contribution in [-0.2, 0) is 16.1 Å². The summed E-state index contributed by atoms with van der Waals surface area (Å²) in [5.74, 6) is 0.220. The first kappa shape index (κ1) is 24.6. The SMILES string of the molecule is CCOc1cc(/C=C2/SC(=O)N(CCOC)C2=O)cc(Cl)c1OCc1cccc([N+](=O)[O-])c1. The van der Waals surface area contributed by atoms with Crippen LogP contribution in [0.2, 0.25) is 5.02 Å². The van der Waals surface area contributed by atoms with Gasteiger partial charge in [0.15, 0.2) is 11.5 Å². The van der Waals surface area contributed by atoms with E-state index in [1.54, 1.807) is 37.3 Å². The second-order valence-electron chi connectivity index (χ2n) is 6.80. The molecule has 1 aliphatic heterocycles. The quantitative estimate of drug-likeness (QED) is 0.261. The Kier molecular flexibility index (Phi) is 8.32. The van der Waals surface area contributed by atoms with Crippen LogP contribution in [0.15, 0.2) is 41.3 Å². The number of hydrogen-bond acceptors (Lipinski definition) is 8. The number of thioether (sulfide) groups is 1. The Morgan fingerprint density at radius 1 is 1.21 bits per heavy atom. The smallest absolute Gasteiger partial charge is 0.293 e. The van der Waals surface area contributed by atoms with Gasteiger partial charge in [-0.1, -0.05) is 23.7 Å². The van der Waals surface area contributed by atoms with E-state index in [0.29, 0.717) is 23.5 Å². The fourth-order valence-electron chi connectivity index (χ4n) is 3.02. The largest absolute Gasteiger partial charge is 0.490 e. The molecule has 9 nitrogen and oxygen atoms in total. The van der Waals surface area contributed by atoms with Gasteiger partial charge in [0.05, 0.1) is 34.6 Å². The normalized spacial score (nSPS) is 14.8. The van der Waals surface area contributed by atoms with Gasteiger partial charge >= 0.3 is 0 Å². The van der Waals surface area contributed by atoms with Gasteiger partial charge in [0, 0.05) is 19.2 Å². The van der Waals surface area contributed by atoms with Crippen LogP contribution in [0.5, 0.6) is 11.5 Å². The Hall–Kier alpha value is -3.08. The molecule has 3 rings (SSSR count). The third-order valence-corrected chi connectivity index (χ3v) is 5.71. The van der Waals surface area contributed by atoms with Crippen LogP contribution in [0.3, 0.4) is 0 Å². The van der Waals surface area contributed by atoms with E-state index in [1.165, 1.54) is 19.2 Å². The van der Waals surface area contributed by atoms with Crippen LogP contribution in [0.1, 0.15) is 18.1 Å². The van der Waals surface area contributed by atoms with Crippen molar-refractivity contribution < 1.29 is 28.7 Å². The van der Waals surface area contributed by atoms with E-state index in [4.69, 9.17) is 25.8 Å². The summed E-state index contributed by atoms with van der Waals surface area (Å²) in [6, 6.07) is 9.34. The van der Waals surface area contributed by atoms with Crippen molar-refractivity contribution in [1.82, 2.24) is 4.90 Å². The molecule has 33 heavy (non-hydrogen) atoms. The molecule has 2 amide bonds. The minimum atomic E-state index is -0.478. The number of rotatable bonds is 10. The molecule has 174 valence electrons. The Bertz CT molecular complexity index is 1110. The number of nitro benzene ring substituents is 1. The number of hydrogen-bond donors (Lipinski definition) is 0. The summed E-state index contributed by atoms with van der Waals surface area (Å²) in [7, 11) is 1.49. The summed E-state index contributed by atoms with van der Waals surface area (Å²) in [6.07, 6.45) is 1.57. The Morgan fingerprint density at radius 3 is 2.70 bits per heavy atom. The third-order valence-electron chi connectivity index (χ3n) is 4.53. The summed E-state index contributed by atoms with van der Waals surface area (Å²) >= 11 is 7.28. The molecule has 0 atom stereocenters. The summed E-state index contributed by atoms with van der Waals surface area (Å²) in [4.78, 5) is 36.6. The Balaban J connectivity index is 1.83. The van der Waals surface area contributed by atoms with E-state index in [9.17, 15) is 19.7 Å². The standard InChI is InChI=1S/C22H21ClN2O7S/c1-3-31-18-11-15(12-19-21(26)24(7-8-30-2)22(27)33-19)10-17(23)20(18)32-13-14-5-4-6-16(9-14)25(28)29/h4-6,9-12H,3,7-8,13H2,1-2H3/b19-12+. The zero-order valence-electron chi connectivity index (χ0n) is 17.9. The predicted molar refractivity (Wildman–Crippen MR) is 125 cm³/mol. The monoisotopic (exact) mass is 492 g/mol. The lowest BCUT2D eigenvalue weighted by Gasteiger charge is -2.15. The summed E-state index contributed by atoms with van der Waals surface area (Å²) in [5.41, 5.74) is 1.11. The first-order chi connectivity index (χ1) is 15.8.